The zero-order valence-electron chi connectivity index (χ0n) is 12.5. The number of nitrogens with one attached hydrogen (secondary N) is 1. The molecule has 1 atom stereocenters. The largest absolute Gasteiger partial charge is 0.361 e. The summed E-state index contributed by atoms with van der Waals surface area (Å²) in [7, 11) is 0. The zero-order valence-corrected chi connectivity index (χ0v) is 12.5. The van der Waals surface area contributed by atoms with Crippen LogP contribution >= 0.6 is 0 Å². The zero-order chi connectivity index (χ0) is 15.5. The Morgan fingerprint density at radius 3 is 3.05 bits per heavy atom. The quantitative estimate of drug-likeness (QED) is 0.777. The maximum atomic E-state index is 12.1. The maximum absolute atomic E-state index is 12.1. The van der Waals surface area contributed by atoms with Gasteiger partial charge >= 0.3 is 0 Å². The first kappa shape index (κ1) is 14.2. The molecule has 3 aromatic rings. The summed E-state index contributed by atoms with van der Waals surface area (Å²) in [5.41, 5.74) is 1.56. The summed E-state index contributed by atoms with van der Waals surface area (Å²) in [6.45, 7) is 3.82. The number of aromatic nitrogens is 4. The molecule has 0 saturated heterocycles. The number of aryl methyl sites for hydroxylation is 1. The van der Waals surface area contributed by atoms with E-state index in [1.807, 2.05) is 36.7 Å². The number of nitrogens with zero attached hydrogens (tertiary/aromatic N) is 4. The molecule has 1 amide bonds. The van der Waals surface area contributed by atoms with Crippen molar-refractivity contribution in [2.75, 3.05) is 0 Å². The monoisotopic (exact) mass is 299 g/mol. The van der Waals surface area contributed by atoms with Gasteiger partial charge in [0.2, 0.25) is 11.7 Å². The van der Waals surface area contributed by atoms with Gasteiger partial charge in [0.05, 0.1) is 23.9 Å². The molecule has 7 nitrogen and oxygen atoms in total. The van der Waals surface area contributed by atoms with Gasteiger partial charge in [0.1, 0.15) is 5.76 Å². The lowest BCUT2D eigenvalue weighted by atomic mass is 10.1. The minimum Gasteiger partial charge on any atom is -0.361 e. The van der Waals surface area contributed by atoms with Crippen molar-refractivity contribution in [3.05, 3.63) is 47.9 Å². The number of carbonyl (C=O) groups excluding carboxylic acids is 1. The number of imidazole rings is 1. The molecule has 114 valence electrons. The lowest BCUT2D eigenvalue weighted by Gasteiger charge is -2.13. The van der Waals surface area contributed by atoms with Gasteiger partial charge in [-0.2, -0.15) is 0 Å². The number of hydrogen-bond donors (Lipinski definition) is 1. The normalized spacial score (nSPS) is 12.5. The Hall–Kier alpha value is -2.70. The fourth-order valence-corrected chi connectivity index (χ4v) is 2.30. The molecular formula is C15H17N5O2. The SMILES string of the molecule is CC[C@@H](NC(=O)Cc1cc(C)no1)c1cn2cccnc2n1. The van der Waals surface area contributed by atoms with Crippen LogP contribution in [0.2, 0.25) is 0 Å². The van der Waals surface area contributed by atoms with E-state index in [0.717, 1.165) is 17.8 Å². The lowest BCUT2D eigenvalue weighted by Crippen LogP contribution is -2.29. The first-order valence-corrected chi connectivity index (χ1v) is 7.17. The van der Waals surface area contributed by atoms with Crippen LogP contribution < -0.4 is 5.32 Å². The first-order chi connectivity index (χ1) is 10.7. The second-order valence-corrected chi connectivity index (χ2v) is 5.13. The predicted molar refractivity (Wildman–Crippen MR) is 79.1 cm³/mol. The molecule has 7 heteroatoms. The van der Waals surface area contributed by atoms with Crippen LogP contribution in [0.25, 0.3) is 5.78 Å². The summed E-state index contributed by atoms with van der Waals surface area (Å²) in [6.07, 6.45) is 6.37. The third-order valence-corrected chi connectivity index (χ3v) is 3.37. The molecule has 0 spiro atoms. The molecule has 3 aromatic heterocycles. The Bertz CT molecular complexity index is 759. The van der Waals surface area contributed by atoms with Crippen molar-refractivity contribution in [2.45, 2.75) is 32.7 Å². The van der Waals surface area contributed by atoms with Gasteiger partial charge in [-0.3, -0.25) is 9.20 Å². The molecular weight excluding hydrogens is 282 g/mol. The fraction of sp³-hybridized carbons (Fsp3) is 0.333. The van der Waals surface area contributed by atoms with Gasteiger partial charge in [0.15, 0.2) is 0 Å². The molecule has 0 aliphatic carbocycles. The van der Waals surface area contributed by atoms with Crippen molar-refractivity contribution < 1.29 is 9.32 Å². The van der Waals surface area contributed by atoms with Crippen LogP contribution in [-0.4, -0.2) is 25.4 Å². The molecule has 0 radical (unpaired) electrons. The second kappa shape index (κ2) is 5.97. The van der Waals surface area contributed by atoms with Crippen molar-refractivity contribution in [3.8, 4) is 0 Å². The minimum atomic E-state index is -0.154. The van der Waals surface area contributed by atoms with E-state index in [1.54, 1.807) is 12.3 Å². The Balaban J connectivity index is 1.72. The van der Waals surface area contributed by atoms with Gasteiger partial charge in [-0.05, 0) is 19.4 Å². The molecule has 0 aliphatic rings. The first-order valence-electron chi connectivity index (χ1n) is 7.17. The average molecular weight is 299 g/mol. The Labute approximate surface area is 127 Å². The Morgan fingerprint density at radius 1 is 1.50 bits per heavy atom. The van der Waals surface area contributed by atoms with E-state index in [-0.39, 0.29) is 18.4 Å². The third-order valence-electron chi connectivity index (χ3n) is 3.37. The van der Waals surface area contributed by atoms with Crippen molar-refractivity contribution in [1.29, 1.82) is 0 Å². The van der Waals surface area contributed by atoms with Crippen molar-refractivity contribution in [2.24, 2.45) is 0 Å². The van der Waals surface area contributed by atoms with Crippen LogP contribution in [0, 0.1) is 6.92 Å². The number of hydrogen-bond acceptors (Lipinski definition) is 5. The van der Waals surface area contributed by atoms with Crippen molar-refractivity contribution in [1.82, 2.24) is 24.8 Å². The van der Waals surface area contributed by atoms with Gasteiger partial charge in [-0.1, -0.05) is 12.1 Å². The maximum Gasteiger partial charge on any atom is 0.233 e. The molecule has 0 bridgehead atoms. The summed E-state index contributed by atoms with van der Waals surface area (Å²) < 4.78 is 6.90. The Kier molecular flexibility index (Phi) is 3.86. The fourth-order valence-electron chi connectivity index (χ4n) is 2.30. The van der Waals surface area contributed by atoms with Crippen LogP contribution in [0.3, 0.4) is 0 Å². The van der Waals surface area contributed by atoms with E-state index in [2.05, 4.69) is 20.4 Å². The van der Waals surface area contributed by atoms with E-state index < -0.39 is 0 Å². The van der Waals surface area contributed by atoms with Crippen LogP contribution in [0.5, 0.6) is 0 Å². The topological polar surface area (TPSA) is 85.3 Å². The molecule has 3 rings (SSSR count). The predicted octanol–water partition coefficient (Wildman–Crippen LogP) is 1.84. The van der Waals surface area contributed by atoms with E-state index in [4.69, 9.17) is 4.52 Å². The van der Waals surface area contributed by atoms with E-state index in [1.165, 1.54) is 0 Å². The van der Waals surface area contributed by atoms with Crippen LogP contribution in [0.15, 0.2) is 35.2 Å². The molecule has 0 aliphatic heterocycles. The van der Waals surface area contributed by atoms with E-state index >= 15 is 0 Å². The number of fused-ring (bicyclic) bond motifs is 1. The minimum absolute atomic E-state index is 0.118. The number of carbonyl (C=O) groups is 1. The smallest absolute Gasteiger partial charge is 0.233 e. The summed E-state index contributed by atoms with van der Waals surface area (Å²) in [4.78, 5) is 20.8. The molecule has 0 unspecified atom stereocenters. The highest BCUT2D eigenvalue weighted by Crippen LogP contribution is 2.16. The van der Waals surface area contributed by atoms with E-state index in [9.17, 15) is 4.79 Å². The van der Waals surface area contributed by atoms with Gasteiger partial charge in [-0.15, -0.1) is 0 Å². The van der Waals surface area contributed by atoms with Crippen LogP contribution in [0.4, 0.5) is 0 Å². The highest BCUT2D eigenvalue weighted by Gasteiger charge is 2.17. The molecule has 0 saturated carbocycles. The highest BCUT2D eigenvalue weighted by atomic mass is 16.5. The third kappa shape index (κ3) is 2.98. The molecule has 22 heavy (non-hydrogen) atoms. The highest BCUT2D eigenvalue weighted by molar-refractivity contribution is 5.78. The average Bonchev–Trinajstić information content (AvgIpc) is 3.10. The van der Waals surface area contributed by atoms with Gasteiger partial charge < -0.3 is 9.84 Å². The lowest BCUT2D eigenvalue weighted by molar-refractivity contribution is -0.121. The number of rotatable bonds is 5. The van der Waals surface area contributed by atoms with Gasteiger partial charge in [0, 0.05) is 24.7 Å². The summed E-state index contributed by atoms with van der Waals surface area (Å²) in [5, 5.41) is 6.75. The summed E-state index contributed by atoms with van der Waals surface area (Å²) in [5.74, 6) is 1.06. The number of amides is 1. The summed E-state index contributed by atoms with van der Waals surface area (Å²) >= 11 is 0. The summed E-state index contributed by atoms with van der Waals surface area (Å²) in [6, 6.07) is 3.44. The van der Waals surface area contributed by atoms with Gasteiger partial charge in [-0.25, -0.2) is 9.97 Å². The van der Waals surface area contributed by atoms with Crippen LogP contribution in [-0.2, 0) is 11.2 Å². The molecule has 1 N–H and O–H groups in total. The van der Waals surface area contributed by atoms with Crippen LogP contribution in [0.1, 0.15) is 36.5 Å². The second-order valence-electron chi connectivity index (χ2n) is 5.13. The van der Waals surface area contributed by atoms with E-state index in [0.29, 0.717) is 11.5 Å². The molecule has 3 heterocycles. The Morgan fingerprint density at radius 2 is 2.36 bits per heavy atom. The van der Waals surface area contributed by atoms with Gasteiger partial charge in [0.25, 0.3) is 0 Å². The van der Waals surface area contributed by atoms with Crippen molar-refractivity contribution >= 4 is 11.7 Å². The molecule has 0 aromatic carbocycles. The molecule has 0 fully saturated rings. The standard InChI is InChI=1S/C15H17N5O2/c1-3-12(13-9-20-6-4-5-16-15(20)18-13)17-14(21)8-11-7-10(2)19-22-11/h4-7,9,12H,3,8H2,1-2H3,(H,17,21)/t12-/m1/s1. The van der Waals surface area contributed by atoms with Crippen molar-refractivity contribution in [3.63, 3.8) is 0 Å².